The molecule has 5 rings (SSSR count). The van der Waals surface area contributed by atoms with Gasteiger partial charge in [-0.3, -0.25) is 29.4 Å². The second kappa shape index (κ2) is 8.31. The Hall–Kier alpha value is -3.43. The van der Waals surface area contributed by atoms with Gasteiger partial charge in [-0.05, 0) is 54.6 Å². The molecule has 3 fully saturated rings. The van der Waals surface area contributed by atoms with E-state index < -0.39 is 35.8 Å². The predicted octanol–water partition coefficient (Wildman–Crippen LogP) is 2.69. The van der Waals surface area contributed by atoms with Gasteiger partial charge in [0.05, 0.1) is 11.1 Å². The molecule has 3 N–H and O–H groups in total. The molecule has 1 aliphatic carbocycles. The predicted molar refractivity (Wildman–Crippen MR) is 129 cm³/mol. The maximum absolute atomic E-state index is 13.5. The normalized spacial score (nSPS) is 27.6. The Kier molecular flexibility index (Phi) is 5.61. The monoisotopic (exact) mass is 496 g/mol. The van der Waals surface area contributed by atoms with Crippen LogP contribution in [0.2, 0.25) is 0 Å². The first-order valence-electron chi connectivity index (χ1n) is 12.5. The molecule has 0 bridgehead atoms. The van der Waals surface area contributed by atoms with Gasteiger partial charge in [-0.25, -0.2) is 4.79 Å². The fourth-order valence-electron chi connectivity index (χ4n) is 7.10. The van der Waals surface area contributed by atoms with Gasteiger partial charge >= 0.3 is 6.09 Å². The Bertz CT molecular complexity index is 1160. The summed E-state index contributed by atoms with van der Waals surface area (Å²) >= 11 is 0. The number of nitrogens with zero attached hydrogens (tertiary/aromatic N) is 2. The highest BCUT2D eigenvalue weighted by atomic mass is 16.4. The number of likely N-dealkylation sites (tertiary alicyclic amines) is 1. The fraction of sp³-hybridized carbons (Fsp3) is 0.577. The van der Waals surface area contributed by atoms with Gasteiger partial charge in [0.15, 0.2) is 0 Å². The number of benzene rings is 1. The number of fused-ring (bicyclic) bond motifs is 1. The first-order valence-corrected chi connectivity index (χ1v) is 12.5. The molecule has 10 heteroatoms. The van der Waals surface area contributed by atoms with Crippen LogP contribution in [0.15, 0.2) is 18.2 Å². The van der Waals surface area contributed by atoms with Crippen molar-refractivity contribution in [3.8, 4) is 0 Å². The third kappa shape index (κ3) is 3.74. The first-order chi connectivity index (χ1) is 16.9. The molecule has 1 spiro atoms. The van der Waals surface area contributed by atoms with Crippen molar-refractivity contribution < 1.29 is 29.1 Å². The standard InChI is InChI=1S/C26H32N4O6/c1-25(2,3)20-16(13-26(20)9-11-29(12-10-26)24(35)36)27-15-6-4-5-14-19(15)23(34)30(22(14)33)17-7-8-18(31)28-21(17)32/h4-6,16-17,20,27H,7-13H2,1-3H3,(H,35,36)(H,28,31,32). The van der Waals surface area contributed by atoms with Crippen molar-refractivity contribution in [2.24, 2.45) is 16.7 Å². The summed E-state index contributed by atoms with van der Waals surface area (Å²) in [6.45, 7) is 7.59. The SMILES string of the molecule is CC(C)(C)C1C(Nc2cccc3c2C(=O)N(C2CCC(=O)NC2=O)C3=O)CC12CCN(C(=O)O)CC2. The molecule has 3 heterocycles. The second-order valence-corrected chi connectivity index (χ2v) is 11.6. The summed E-state index contributed by atoms with van der Waals surface area (Å²) in [7, 11) is 0. The van der Waals surface area contributed by atoms with Crippen LogP contribution in [0.5, 0.6) is 0 Å². The number of carbonyl (C=O) groups excluding carboxylic acids is 4. The molecule has 0 radical (unpaired) electrons. The van der Waals surface area contributed by atoms with E-state index in [1.165, 1.54) is 4.90 Å². The molecule has 5 amide bonds. The Morgan fingerprint density at radius 3 is 2.42 bits per heavy atom. The molecule has 3 unspecified atom stereocenters. The first kappa shape index (κ1) is 24.3. The Morgan fingerprint density at radius 1 is 1.11 bits per heavy atom. The van der Waals surface area contributed by atoms with Crippen LogP contribution in [0, 0.1) is 16.7 Å². The number of piperidine rings is 2. The minimum absolute atomic E-state index is 0.0262. The van der Waals surface area contributed by atoms with Crippen LogP contribution < -0.4 is 10.6 Å². The molecule has 36 heavy (non-hydrogen) atoms. The van der Waals surface area contributed by atoms with Crippen LogP contribution in [0.1, 0.15) is 73.6 Å². The fourth-order valence-corrected chi connectivity index (χ4v) is 7.10. The smallest absolute Gasteiger partial charge is 0.407 e. The Morgan fingerprint density at radius 2 is 1.81 bits per heavy atom. The van der Waals surface area contributed by atoms with Crippen molar-refractivity contribution in [1.29, 1.82) is 0 Å². The maximum Gasteiger partial charge on any atom is 0.407 e. The van der Waals surface area contributed by atoms with Crippen LogP contribution in [0.3, 0.4) is 0 Å². The molecule has 1 aromatic carbocycles. The van der Waals surface area contributed by atoms with Crippen LogP contribution in [-0.2, 0) is 9.59 Å². The molecule has 192 valence electrons. The molecule has 3 aliphatic heterocycles. The van der Waals surface area contributed by atoms with Gasteiger partial charge in [0.25, 0.3) is 11.8 Å². The zero-order valence-corrected chi connectivity index (χ0v) is 20.8. The number of imide groups is 2. The average molecular weight is 497 g/mol. The molecule has 1 saturated carbocycles. The third-order valence-corrected chi connectivity index (χ3v) is 8.46. The lowest BCUT2D eigenvalue weighted by atomic mass is 9.46. The van der Waals surface area contributed by atoms with Crippen molar-refractivity contribution >= 4 is 35.4 Å². The van der Waals surface area contributed by atoms with E-state index in [0.717, 1.165) is 24.2 Å². The molecule has 4 aliphatic rings. The number of hydrogen-bond donors (Lipinski definition) is 3. The van der Waals surface area contributed by atoms with E-state index in [9.17, 15) is 29.1 Å². The minimum Gasteiger partial charge on any atom is -0.465 e. The summed E-state index contributed by atoms with van der Waals surface area (Å²) in [5.41, 5.74) is 1.06. The van der Waals surface area contributed by atoms with E-state index in [4.69, 9.17) is 0 Å². The number of rotatable bonds is 3. The zero-order chi connectivity index (χ0) is 26.0. The number of anilines is 1. The van der Waals surface area contributed by atoms with Crippen LogP contribution >= 0.6 is 0 Å². The maximum atomic E-state index is 13.5. The van der Waals surface area contributed by atoms with Crippen molar-refractivity contribution in [2.45, 2.75) is 65.0 Å². The van der Waals surface area contributed by atoms with Gasteiger partial charge < -0.3 is 15.3 Å². The van der Waals surface area contributed by atoms with Crippen molar-refractivity contribution in [1.82, 2.24) is 15.1 Å². The summed E-state index contributed by atoms with van der Waals surface area (Å²) in [5, 5.41) is 15.1. The van der Waals surface area contributed by atoms with Crippen LogP contribution in [0.4, 0.5) is 10.5 Å². The number of nitrogens with one attached hydrogen (secondary N) is 2. The summed E-state index contributed by atoms with van der Waals surface area (Å²) in [4.78, 5) is 64.5. The van der Waals surface area contributed by atoms with Gasteiger partial charge in [-0.15, -0.1) is 0 Å². The zero-order valence-electron chi connectivity index (χ0n) is 20.8. The van der Waals surface area contributed by atoms with E-state index in [1.54, 1.807) is 18.2 Å². The lowest BCUT2D eigenvalue weighted by Gasteiger charge is -2.63. The molecule has 3 atom stereocenters. The Labute approximate surface area is 209 Å². The topological polar surface area (TPSA) is 136 Å². The Balaban J connectivity index is 1.39. The van der Waals surface area contributed by atoms with E-state index in [2.05, 4.69) is 31.4 Å². The van der Waals surface area contributed by atoms with Gasteiger partial charge in [0, 0.05) is 31.2 Å². The highest BCUT2D eigenvalue weighted by molar-refractivity contribution is 6.25. The molecule has 2 saturated heterocycles. The second-order valence-electron chi connectivity index (χ2n) is 11.6. The lowest BCUT2D eigenvalue weighted by Crippen LogP contribution is -2.63. The molecular formula is C26H32N4O6. The number of amides is 5. The number of hydrogen-bond acceptors (Lipinski definition) is 6. The number of carbonyl (C=O) groups is 5. The van der Waals surface area contributed by atoms with E-state index in [1.807, 2.05) is 0 Å². The quantitative estimate of drug-likeness (QED) is 0.548. The molecule has 1 aromatic rings. The van der Waals surface area contributed by atoms with Gasteiger partial charge in [-0.2, -0.15) is 0 Å². The van der Waals surface area contributed by atoms with Gasteiger partial charge in [0.1, 0.15) is 6.04 Å². The summed E-state index contributed by atoms with van der Waals surface area (Å²) < 4.78 is 0. The van der Waals surface area contributed by atoms with Crippen molar-refractivity contribution in [3.63, 3.8) is 0 Å². The lowest BCUT2D eigenvalue weighted by molar-refractivity contribution is -0.136. The van der Waals surface area contributed by atoms with Gasteiger partial charge in [-0.1, -0.05) is 26.8 Å². The molecular weight excluding hydrogens is 464 g/mol. The largest absolute Gasteiger partial charge is 0.465 e. The van der Waals surface area contributed by atoms with Crippen LogP contribution in [-0.4, -0.2) is 69.8 Å². The highest BCUT2D eigenvalue weighted by Gasteiger charge is 2.59. The molecule has 0 aromatic heterocycles. The third-order valence-electron chi connectivity index (χ3n) is 8.46. The average Bonchev–Trinajstić information content (AvgIpc) is 3.03. The van der Waals surface area contributed by atoms with E-state index in [-0.39, 0.29) is 46.8 Å². The summed E-state index contributed by atoms with van der Waals surface area (Å²) in [6, 6.07) is 4.16. The van der Waals surface area contributed by atoms with Crippen molar-refractivity contribution in [3.05, 3.63) is 29.3 Å². The highest BCUT2D eigenvalue weighted by Crippen LogP contribution is 2.61. The van der Waals surface area contributed by atoms with E-state index in [0.29, 0.717) is 18.8 Å². The van der Waals surface area contributed by atoms with Gasteiger partial charge in [0.2, 0.25) is 11.8 Å². The summed E-state index contributed by atoms with van der Waals surface area (Å²) in [6.07, 6.45) is 1.76. The minimum atomic E-state index is -1.00. The van der Waals surface area contributed by atoms with Crippen molar-refractivity contribution in [2.75, 3.05) is 18.4 Å². The molecule has 10 nitrogen and oxygen atoms in total. The van der Waals surface area contributed by atoms with Crippen LogP contribution in [0.25, 0.3) is 0 Å². The number of carboxylic acid groups (broad SMARTS) is 1. The summed E-state index contributed by atoms with van der Waals surface area (Å²) in [5.74, 6) is -1.83. The van der Waals surface area contributed by atoms with E-state index >= 15 is 0 Å².